The Kier molecular flexibility index (Phi) is 5.89. The highest BCUT2D eigenvalue weighted by atomic mass is 16.3. The number of nitrogens with zero attached hydrogens (tertiary/aromatic N) is 2. The zero-order valence-electron chi connectivity index (χ0n) is 19.1. The minimum absolute atomic E-state index is 0.414. The second kappa shape index (κ2) is 8.94. The van der Waals surface area contributed by atoms with Crippen LogP contribution in [0.15, 0.2) is 40.8 Å². The molecule has 3 aromatic rings. The Morgan fingerprint density at radius 3 is 1.71 bits per heavy atom. The maximum Gasteiger partial charge on any atom is 0.220 e. The normalized spacial score (nSPS) is 18.5. The number of hydrogen-bond acceptors (Lipinski definition) is 3. The van der Waals surface area contributed by atoms with Crippen molar-refractivity contribution < 1.29 is 9.41 Å². The summed E-state index contributed by atoms with van der Waals surface area (Å²) in [5.74, 6) is 0. The van der Waals surface area contributed by atoms with Crippen LogP contribution in [0.5, 0.6) is 0 Å². The highest BCUT2D eigenvalue weighted by molar-refractivity contribution is 5.91. The molecule has 5 rings (SSSR count). The molecule has 2 aromatic carbocycles. The van der Waals surface area contributed by atoms with Gasteiger partial charge in [-0.25, -0.2) is 4.99 Å². The van der Waals surface area contributed by atoms with Gasteiger partial charge in [-0.3, -0.25) is 0 Å². The quantitative estimate of drug-likeness (QED) is 0.640. The van der Waals surface area contributed by atoms with E-state index >= 15 is 0 Å². The largest absolute Gasteiger partial charge is 0.455 e. The Balaban J connectivity index is 1.67. The summed E-state index contributed by atoms with van der Waals surface area (Å²) in [6, 6.07) is 14.0. The van der Waals surface area contributed by atoms with Gasteiger partial charge >= 0.3 is 0 Å². The lowest BCUT2D eigenvalue weighted by atomic mass is 10.1. The van der Waals surface area contributed by atoms with Crippen molar-refractivity contribution in [2.75, 3.05) is 36.0 Å². The summed E-state index contributed by atoms with van der Waals surface area (Å²) >= 11 is 0. The number of anilines is 2. The van der Waals surface area contributed by atoms with Gasteiger partial charge in [0.2, 0.25) is 5.36 Å². The Bertz CT molecular complexity index is 1040. The van der Waals surface area contributed by atoms with E-state index in [1.807, 2.05) is 0 Å². The third kappa shape index (κ3) is 4.17. The Morgan fingerprint density at radius 1 is 0.774 bits per heavy atom. The number of hydrogen-bond donors (Lipinski definition) is 1. The molecule has 1 atom stereocenters. The van der Waals surface area contributed by atoms with Crippen molar-refractivity contribution in [3.8, 4) is 0 Å². The van der Waals surface area contributed by atoms with Crippen LogP contribution in [0.2, 0.25) is 0 Å². The van der Waals surface area contributed by atoms with Crippen LogP contribution in [-0.4, -0.2) is 32.2 Å². The fraction of sp³-hybridized carbons (Fsp3) is 0.519. The fourth-order valence-corrected chi connectivity index (χ4v) is 5.07. The van der Waals surface area contributed by atoms with E-state index in [1.54, 1.807) is 0 Å². The van der Waals surface area contributed by atoms with Gasteiger partial charge in [0.15, 0.2) is 0 Å². The predicted molar refractivity (Wildman–Crippen MR) is 130 cm³/mol. The molecule has 0 aliphatic carbocycles. The van der Waals surface area contributed by atoms with E-state index in [0.717, 1.165) is 43.8 Å². The van der Waals surface area contributed by atoms with Crippen LogP contribution in [0.3, 0.4) is 0 Å². The number of benzene rings is 2. The second-order valence-electron chi connectivity index (χ2n) is 9.39. The van der Waals surface area contributed by atoms with Gasteiger partial charge in [-0.1, -0.05) is 6.92 Å². The lowest BCUT2D eigenvalue weighted by Crippen LogP contribution is -2.82. The van der Waals surface area contributed by atoms with Crippen LogP contribution >= 0.6 is 0 Å². The first-order valence-electron chi connectivity index (χ1n) is 12.3. The first-order valence-corrected chi connectivity index (χ1v) is 12.3. The highest BCUT2D eigenvalue weighted by Gasteiger charge is 2.18. The standard InChI is InChI=1S/C27H35N3O/c1-3-20(2)28-27-23-12-10-21(29-14-6-4-7-15-29)18-25(23)31-26-19-22(11-13-24(26)27)30-16-8-5-9-17-30/h10-13,18-20H,3-9,14-17H2,1-2H3/p+1. The lowest BCUT2D eigenvalue weighted by molar-refractivity contribution is -0.537. The van der Waals surface area contributed by atoms with Crippen LogP contribution in [-0.2, 0) is 0 Å². The van der Waals surface area contributed by atoms with Gasteiger partial charge in [0.05, 0.1) is 10.8 Å². The lowest BCUT2D eigenvalue weighted by Gasteiger charge is -2.29. The van der Waals surface area contributed by atoms with Gasteiger partial charge in [0.1, 0.15) is 17.2 Å². The minimum atomic E-state index is 0.414. The SMILES string of the molecule is CCC(C)[NH+]=c1c2ccc(N3CCCCC3)cc2oc2cc(N3CCCCC3)ccc12. The fourth-order valence-electron chi connectivity index (χ4n) is 5.07. The van der Waals surface area contributed by atoms with Crippen molar-refractivity contribution in [1.29, 1.82) is 0 Å². The molecule has 3 heterocycles. The summed E-state index contributed by atoms with van der Waals surface area (Å²) in [7, 11) is 0. The van der Waals surface area contributed by atoms with E-state index in [2.05, 4.69) is 65.0 Å². The summed E-state index contributed by atoms with van der Waals surface area (Å²) in [6.45, 7) is 9.09. The Morgan fingerprint density at radius 2 is 1.26 bits per heavy atom. The third-order valence-electron chi connectivity index (χ3n) is 7.13. The van der Waals surface area contributed by atoms with E-state index < -0.39 is 0 Å². The van der Waals surface area contributed by atoms with Gasteiger partial charge in [-0.2, -0.15) is 0 Å². The van der Waals surface area contributed by atoms with E-state index in [1.165, 1.54) is 66.0 Å². The van der Waals surface area contributed by atoms with E-state index in [0.29, 0.717) is 6.04 Å². The molecule has 2 aliphatic heterocycles. The molecule has 4 nitrogen and oxygen atoms in total. The van der Waals surface area contributed by atoms with Crippen molar-refractivity contribution in [2.45, 2.75) is 64.8 Å². The first kappa shape index (κ1) is 20.4. The number of piperidine rings is 2. The Hall–Kier alpha value is -2.49. The molecule has 1 unspecified atom stereocenters. The van der Waals surface area contributed by atoms with Gasteiger partial charge in [0.25, 0.3) is 0 Å². The maximum atomic E-state index is 6.57. The number of nitrogens with one attached hydrogen (secondary N) is 1. The molecule has 0 bridgehead atoms. The number of fused-ring (bicyclic) bond motifs is 2. The topological polar surface area (TPSA) is 33.6 Å². The third-order valence-corrected chi connectivity index (χ3v) is 7.13. The summed E-state index contributed by atoms with van der Waals surface area (Å²) in [4.78, 5) is 8.81. The minimum Gasteiger partial charge on any atom is -0.455 e. The van der Waals surface area contributed by atoms with Gasteiger partial charge < -0.3 is 14.2 Å². The summed E-state index contributed by atoms with van der Waals surface area (Å²) < 4.78 is 6.57. The summed E-state index contributed by atoms with van der Waals surface area (Å²) in [6.07, 6.45) is 8.93. The molecule has 2 saturated heterocycles. The smallest absolute Gasteiger partial charge is 0.220 e. The van der Waals surface area contributed by atoms with Crippen LogP contribution in [0.25, 0.3) is 21.9 Å². The van der Waals surface area contributed by atoms with Crippen molar-refractivity contribution in [2.24, 2.45) is 0 Å². The molecule has 0 radical (unpaired) electrons. The molecular formula is C27H36N3O+. The van der Waals surface area contributed by atoms with Crippen molar-refractivity contribution in [3.05, 3.63) is 41.8 Å². The van der Waals surface area contributed by atoms with E-state index in [-0.39, 0.29) is 0 Å². The molecule has 2 fully saturated rings. The van der Waals surface area contributed by atoms with Crippen LogP contribution in [0, 0.1) is 0 Å². The molecule has 2 aliphatic rings. The van der Waals surface area contributed by atoms with Crippen molar-refractivity contribution in [1.82, 2.24) is 0 Å². The van der Waals surface area contributed by atoms with Gasteiger partial charge in [-0.05, 0) is 69.7 Å². The summed E-state index contributed by atoms with van der Waals surface area (Å²) in [5.41, 5.74) is 4.54. The molecule has 0 spiro atoms. The van der Waals surface area contributed by atoms with Crippen LogP contribution < -0.4 is 20.1 Å². The van der Waals surface area contributed by atoms with E-state index in [9.17, 15) is 0 Å². The molecule has 31 heavy (non-hydrogen) atoms. The highest BCUT2D eigenvalue weighted by Crippen LogP contribution is 2.28. The average molecular weight is 419 g/mol. The summed E-state index contributed by atoms with van der Waals surface area (Å²) in [5, 5.41) is 3.57. The molecule has 4 heteroatoms. The first-order chi connectivity index (χ1) is 15.2. The molecular weight excluding hydrogens is 382 g/mol. The molecule has 1 aromatic heterocycles. The molecule has 0 amide bonds. The van der Waals surface area contributed by atoms with Gasteiger partial charge in [-0.15, -0.1) is 0 Å². The van der Waals surface area contributed by atoms with Crippen molar-refractivity contribution >= 4 is 33.3 Å². The monoisotopic (exact) mass is 418 g/mol. The maximum absolute atomic E-state index is 6.57. The zero-order chi connectivity index (χ0) is 21.2. The van der Waals surface area contributed by atoms with Gasteiger partial charge in [0, 0.05) is 56.1 Å². The van der Waals surface area contributed by atoms with Crippen LogP contribution in [0.1, 0.15) is 58.8 Å². The molecule has 0 saturated carbocycles. The van der Waals surface area contributed by atoms with Crippen molar-refractivity contribution in [3.63, 3.8) is 0 Å². The van der Waals surface area contributed by atoms with Crippen LogP contribution in [0.4, 0.5) is 11.4 Å². The molecule has 1 N–H and O–H groups in total. The zero-order valence-corrected chi connectivity index (χ0v) is 19.1. The van der Waals surface area contributed by atoms with E-state index in [4.69, 9.17) is 4.42 Å². The average Bonchev–Trinajstić information content (AvgIpc) is 2.84. The second-order valence-corrected chi connectivity index (χ2v) is 9.39. The number of rotatable bonds is 4. The molecule has 164 valence electrons. The predicted octanol–water partition coefficient (Wildman–Crippen LogP) is 4.35. The Labute approximate surface area is 185 Å².